The Labute approximate surface area is 130 Å². The zero-order chi connectivity index (χ0) is 10.7. The summed E-state index contributed by atoms with van der Waals surface area (Å²) >= 11 is 1.53. The number of hydrogen-bond acceptors (Lipinski definition) is 1. The van der Waals surface area contributed by atoms with E-state index < -0.39 is 0 Å². The summed E-state index contributed by atoms with van der Waals surface area (Å²) in [6.07, 6.45) is 13.1. The van der Waals surface area contributed by atoms with E-state index in [1.54, 1.807) is 3.28 Å². The van der Waals surface area contributed by atoms with Crippen LogP contribution < -0.4 is 24.8 Å². The molecule has 91 valence electrons. The first-order valence-corrected chi connectivity index (χ1v) is 6.67. The van der Waals surface area contributed by atoms with E-state index in [0.29, 0.717) is 6.61 Å². The SMILES string of the molecule is OCCCC1=[C]([Zr+2])CC=C1C1=CC=CC1.[Cl-].[Cl-]. The van der Waals surface area contributed by atoms with E-state index >= 15 is 0 Å². The van der Waals surface area contributed by atoms with Crippen molar-refractivity contribution in [2.75, 3.05) is 6.61 Å². The average molecular weight is 349 g/mol. The van der Waals surface area contributed by atoms with Crippen molar-refractivity contribution in [1.29, 1.82) is 0 Å². The molecule has 0 aromatic rings. The third-order valence-electron chi connectivity index (χ3n) is 2.90. The molecule has 0 fully saturated rings. The van der Waals surface area contributed by atoms with Crippen LogP contribution in [0.3, 0.4) is 0 Å². The smallest absolute Gasteiger partial charge is 1.00 e. The van der Waals surface area contributed by atoms with Gasteiger partial charge in [0.25, 0.3) is 0 Å². The Morgan fingerprint density at radius 1 is 1.24 bits per heavy atom. The molecule has 4 heteroatoms. The van der Waals surface area contributed by atoms with Gasteiger partial charge < -0.3 is 24.8 Å². The molecular weight excluding hydrogens is 334 g/mol. The molecule has 0 bridgehead atoms. The molecule has 0 atom stereocenters. The molecule has 17 heavy (non-hydrogen) atoms. The van der Waals surface area contributed by atoms with Crippen LogP contribution >= 0.6 is 0 Å². The first kappa shape index (κ1) is 17.4. The predicted molar refractivity (Wildman–Crippen MR) is 57.9 cm³/mol. The fourth-order valence-corrected chi connectivity index (χ4v) is 3.02. The summed E-state index contributed by atoms with van der Waals surface area (Å²) in [6, 6.07) is 0. The molecule has 2 rings (SSSR count). The number of aliphatic hydroxyl groups excluding tert-OH is 1. The second kappa shape index (κ2) is 8.48. The third-order valence-corrected chi connectivity index (χ3v) is 4.15. The van der Waals surface area contributed by atoms with E-state index in [0.717, 1.165) is 25.7 Å². The standard InChI is InChI=1S/C13H15O.2ClH.Zr/c14-10-4-8-12-7-3-9-13(12)11-5-1-2-6-11;;;/h1-2,5,9,14H,3-4,6,8,10H2;2*1H;/q;;;+2/p-2. The molecule has 1 nitrogen and oxygen atoms in total. The fraction of sp³-hybridized carbons (Fsp3) is 0.385. The van der Waals surface area contributed by atoms with E-state index in [2.05, 4.69) is 24.3 Å². The second-order valence-corrected chi connectivity index (χ2v) is 5.41. The van der Waals surface area contributed by atoms with Gasteiger partial charge in [0.15, 0.2) is 0 Å². The minimum atomic E-state index is 0. The van der Waals surface area contributed by atoms with Gasteiger partial charge in [-0.05, 0) is 0 Å². The van der Waals surface area contributed by atoms with Crippen LogP contribution in [-0.2, 0) is 24.7 Å². The van der Waals surface area contributed by atoms with Gasteiger partial charge in [0.05, 0.1) is 0 Å². The molecule has 0 unspecified atom stereocenters. The van der Waals surface area contributed by atoms with Crippen molar-refractivity contribution >= 4 is 0 Å². The summed E-state index contributed by atoms with van der Waals surface area (Å²) in [6.45, 7) is 0.303. The van der Waals surface area contributed by atoms with E-state index in [1.165, 1.54) is 41.4 Å². The first-order valence-electron chi connectivity index (χ1n) is 5.44. The van der Waals surface area contributed by atoms with Gasteiger partial charge in [-0.2, -0.15) is 0 Å². The Balaban J connectivity index is 0.00000128. The summed E-state index contributed by atoms with van der Waals surface area (Å²) in [5.74, 6) is 0. The van der Waals surface area contributed by atoms with E-state index in [1.807, 2.05) is 0 Å². The van der Waals surface area contributed by atoms with Gasteiger partial charge in [0.2, 0.25) is 0 Å². The number of aliphatic hydroxyl groups is 1. The van der Waals surface area contributed by atoms with Gasteiger partial charge >= 0.3 is 106 Å². The van der Waals surface area contributed by atoms with Crippen molar-refractivity contribution in [2.45, 2.75) is 25.7 Å². The summed E-state index contributed by atoms with van der Waals surface area (Å²) in [7, 11) is 0. The molecule has 2 aliphatic rings. The van der Waals surface area contributed by atoms with Crippen LogP contribution in [0.2, 0.25) is 0 Å². The Kier molecular flexibility index (Phi) is 8.67. The Bertz CT molecular complexity index is 381. The second-order valence-electron chi connectivity index (χ2n) is 3.93. The van der Waals surface area contributed by atoms with Crippen LogP contribution in [0.5, 0.6) is 0 Å². The fourth-order valence-electron chi connectivity index (χ4n) is 2.13. The van der Waals surface area contributed by atoms with Gasteiger partial charge in [-0.15, -0.1) is 0 Å². The van der Waals surface area contributed by atoms with Crippen LogP contribution in [0.15, 0.2) is 44.3 Å². The molecule has 0 aromatic carbocycles. The van der Waals surface area contributed by atoms with Crippen molar-refractivity contribution in [2.24, 2.45) is 0 Å². The minimum Gasteiger partial charge on any atom is -1.00 e. The minimum absolute atomic E-state index is 0. The molecule has 0 heterocycles. The quantitative estimate of drug-likeness (QED) is 0.567. The van der Waals surface area contributed by atoms with Crippen molar-refractivity contribution in [3.05, 3.63) is 44.3 Å². The van der Waals surface area contributed by atoms with Gasteiger partial charge in [-0.3, -0.25) is 0 Å². The molecule has 2 aliphatic carbocycles. The molecule has 0 aromatic heterocycles. The maximum Gasteiger partial charge on any atom is -1.00 e. The van der Waals surface area contributed by atoms with E-state index in [9.17, 15) is 0 Å². The summed E-state index contributed by atoms with van der Waals surface area (Å²) in [5, 5.41) is 8.90. The summed E-state index contributed by atoms with van der Waals surface area (Å²) in [4.78, 5) is 0. The zero-order valence-corrected chi connectivity index (χ0v) is 13.5. The normalized spacial score (nSPS) is 17.6. The Hall–Kier alpha value is 0.383. The third kappa shape index (κ3) is 4.21. The Morgan fingerprint density at radius 3 is 2.59 bits per heavy atom. The van der Waals surface area contributed by atoms with Crippen molar-refractivity contribution in [3.63, 3.8) is 0 Å². The largest absolute Gasteiger partial charge is 1.00 e. The molecular formula is C13H15Cl2OZr. The predicted octanol–water partition coefficient (Wildman–Crippen LogP) is -3.22. The van der Waals surface area contributed by atoms with Crippen molar-refractivity contribution < 1.29 is 54.6 Å². The van der Waals surface area contributed by atoms with Gasteiger partial charge in [0.1, 0.15) is 0 Å². The maximum atomic E-state index is 8.90. The van der Waals surface area contributed by atoms with Gasteiger partial charge in [0, 0.05) is 0 Å². The van der Waals surface area contributed by atoms with Gasteiger partial charge in [-0.25, -0.2) is 0 Å². The molecule has 0 radical (unpaired) electrons. The maximum absolute atomic E-state index is 8.90. The van der Waals surface area contributed by atoms with Crippen molar-refractivity contribution in [1.82, 2.24) is 0 Å². The van der Waals surface area contributed by atoms with E-state index in [4.69, 9.17) is 5.11 Å². The summed E-state index contributed by atoms with van der Waals surface area (Å²) < 4.78 is 1.57. The van der Waals surface area contributed by atoms with Crippen LogP contribution in [0.1, 0.15) is 25.7 Å². The zero-order valence-electron chi connectivity index (χ0n) is 9.55. The molecule has 0 saturated heterocycles. The number of hydrogen-bond donors (Lipinski definition) is 1. The monoisotopic (exact) mass is 347 g/mol. The van der Waals surface area contributed by atoms with Crippen LogP contribution in [-0.4, -0.2) is 11.7 Å². The molecule has 0 amide bonds. The number of halogens is 2. The Morgan fingerprint density at radius 2 is 2.00 bits per heavy atom. The van der Waals surface area contributed by atoms with Gasteiger partial charge in [-0.1, -0.05) is 0 Å². The van der Waals surface area contributed by atoms with Crippen LogP contribution in [0.4, 0.5) is 0 Å². The molecule has 0 spiro atoms. The van der Waals surface area contributed by atoms with Crippen LogP contribution in [0, 0.1) is 0 Å². The molecule has 0 aliphatic heterocycles. The molecule has 1 N–H and O–H groups in total. The topological polar surface area (TPSA) is 20.2 Å². The molecule has 0 saturated carbocycles. The first-order chi connectivity index (χ1) is 7.33. The number of rotatable bonds is 4. The average Bonchev–Trinajstić information content (AvgIpc) is 2.84. The van der Waals surface area contributed by atoms with Crippen molar-refractivity contribution in [3.8, 4) is 0 Å². The summed E-state index contributed by atoms with van der Waals surface area (Å²) in [5.41, 5.74) is 4.43. The van der Waals surface area contributed by atoms with E-state index in [-0.39, 0.29) is 24.8 Å². The number of allylic oxidation sites excluding steroid dienone is 8. The van der Waals surface area contributed by atoms with Crippen LogP contribution in [0.25, 0.3) is 0 Å².